The summed E-state index contributed by atoms with van der Waals surface area (Å²) in [7, 11) is 0. The molecule has 13 heavy (non-hydrogen) atoms. The van der Waals surface area contributed by atoms with Crippen molar-refractivity contribution in [2.45, 2.75) is 31.7 Å². The van der Waals surface area contributed by atoms with Gasteiger partial charge in [0.25, 0.3) is 0 Å². The van der Waals surface area contributed by atoms with Gasteiger partial charge in [-0.1, -0.05) is 0 Å². The summed E-state index contributed by atoms with van der Waals surface area (Å²) in [5.74, 6) is 0.165. The normalized spacial score (nSPS) is 27.1. The predicted octanol–water partition coefficient (Wildman–Crippen LogP) is 0.00580. The SMILES string of the molecule is CC(N)(CC(N)=O)CC1CCOC1. The summed E-state index contributed by atoms with van der Waals surface area (Å²) in [5, 5.41) is 0. The van der Waals surface area contributed by atoms with Gasteiger partial charge >= 0.3 is 0 Å². The van der Waals surface area contributed by atoms with Crippen LogP contribution in [0.2, 0.25) is 0 Å². The van der Waals surface area contributed by atoms with Gasteiger partial charge in [0.15, 0.2) is 0 Å². The Bertz CT molecular complexity index is 186. The first kappa shape index (κ1) is 10.5. The Balaban J connectivity index is 2.35. The van der Waals surface area contributed by atoms with E-state index >= 15 is 0 Å². The highest BCUT2D eigenvalue weighted by Crippen LogP contribution is 2.24. The highest BCUT2D eigenvalue weighted by atomic mass is 16.5. The minimum absolute atomic E-state index is 0.253. The highest BCUT2D eigenvalue weighted by Gasteiger charge is 2.27. The Morgan fingerprint density at radius 1 is 1.69 bits per heavy atom. The van der Waals surface area contributed by atoms with Crippen molar-refractivity contribution in [3.63, 3.8) is 0 Å². The third-order valence-electron chi connectivity index (χ3n) is 2.36. The summed E-state index contributed by atoms with van der Waals surface area (Å²) in [6, 6.07) is 0. The molecule has 4 heteroatoms. The van der Waals surface area contributed by atoms with Gasteiger partial charge in [-0.15, -0.1) is 0 Å². The highest BCUT2D eigenvalue weighted by molar-refractivity contribution is 5.75. The smallest absolute Gasteiger partial charge is 0.219 e. The Morgan fingerprint density at radius 3 is 2.85 bits per heavy atom. The molecule has 1 saturated heterocycles. The molecular weight excluding hydrogens is 168 g/mol. The molecule has 0 bridgehead atoms. The van der Waals surface area contributed by atoms with Gasteiger partial charge in [-0.3, -0.25) is 4.79 Å². The van der Waals surface area contributed by atoms with E-state index in [-0.39, 0.29) is 12.3 Å². The fourth-order valence-corrected chi connectivity index (χ4v) is 1.87. The minimum Gasteiger partial charge on any atom is -0.381 e. The standard InChI is InChI=1S/C9H18N2O2/c1-9(11,5-8(10)12)4-7-2-3-13-6-7/h7H,2-6,11H2,1H3,(H2,10,12). The molecule has 1 aliphatic rings. The number of carbonyl (C=O) groups excluding carboxylic acids is 1. The van der Waals surface area contributed by atoms with Crippen LogP contribution in [0.5, 0.6) is 0 Å². The van der Waals surface area contributed by atoms with Crippen LogP contribution >= 0.6 is 0 Å². The lowest BCUT2D eigenvalue weighted by Gasteiger charge is -2.25. The molecule has 1 amide bonds. The third-order valence-corrected chi connectivity index (χ3v) is 2.36. The van der Waals surface area contributed by atoms with Gasteiger partial charge in [0.1, 0.15) is 0 Å². The maximum atomic E-state index is 10.7. The lowest BCUT2D eigenvalue weighted by atomic mass is 9.86. The molecule has 4 nitrogen and oxygen atoms in total. The average Bonchev–Trinajstić information content (AvgIpc) is 2.34. The average molecular weight is 186 g/mol. The van der Waals surface area contributed by atoms with Crippen LogP contribution < -0.4 is 11.5 Å². The molecule has 4 N–H and O–H groups in total. The lowest BCUT2D eigenvalue weighted by Crippen LogP contribution is -2.42. The molecule has 2 unspecified atom stereocenters. The summed E-state index contributed by atoms with van der Waals surface area (Å²) < 4.78 is 5.24. The number of amides is 1. The van der Waals surface area contributed by atoms with Crippen LogP contribution in [0.3, 0.4) is 0 Å². The third kappa shape index (κ3) is 3.74. The van der Waals surface area contributed by atoms with Crippen LogP contribution in [0.1, 0.15) is 26.2 Å². The van der Waals surface area contributed by atoms with Crippen molar-refractivity contribution < 1.29 is 9.53 Å². The second kappa shape index (κ2) is 4.07. The molecule has 0 aromatic carbocycles. The van der Waals surface area contributed by atoms with Gasteiger partial charge in [-0.05, 0) is 25.7 Å². The van der Waals surface area contributed by atoms with E-state index < -0.39 is 5.54 Å². The minimum atomic E-state index is -0.468. The molecule has 1 aliphatic heterocycles. The molecule has 1 rings (SSSR count). The van der Waals surface area contributed by atoms with Crippen LogP contribution in [-0.4, -0.2) is 24.7 Å². The number of hydrogen-bond donors (Lipinski definition) is 2. The summed E-state index contributed by atoms with van der Waals surface area (Å²) in [6.45, 7) is 3.46. The maximum Gasteiger partial charge on any atom is 0.219 e. The van der Waals surface area contributed by atoms with Crippen LogP contribution in [-0.2, 0) is 9.53 Å². The van der Waals surface area contributed by atoms with E-state index in [0.29, 0.717) is 5.92 Å². The quantitative estimate of drug-likeness (QED) is 0.649. The molecule has 0 aliphatic carbocycles. The maximum absolute atomic E-state index is 10.7. The topological polar surface area (TPSA) is 78.3 Å². The molecule has 1 fully saturated rings. The molecule has 0 aromatic heterocycles. The second-order valence-electron chi connectivity index (χ2n) is 4.23. The number of primary amides is 1. The molecule has 0 aromatic rings. The van der Waals surface area contributed by atoms with E-state index in [2.05, 4.69) is 0 Å². The van der Waals surface area contributed by atoms with Gasteiger partial charge in [0.2, 0.25) is 5.91 Å². The van der Waals surface area contributed by atoms with Crippen LogP contribution in [0.15, 0.2) is 0 Å². The Morgan fingerprint density at radius 2 is 2.38 bits per heavy atom. The fourth-order valence-electron chi connectivity index (χ4n) is 1.87. The zero-order chi connectivity index (χ0) is 9.90. The lowest BCUT2D eigenvalue weighted by molar-refractivity contribution is -0.119. The van der Waals surface area contributed by atoms with Gasteiger partial charge in [0.05, 0.1) is 0 Å². The van der Waals surface area contributed by atoms with Crippen molar-refractivity contribution >= 4 is 5.91 Å². The number of carbonyl (C=O) groups is 1. The van der Waals surface area contributed by atoms with E-state index in [1.54, 1.807) is 0 Å². The first-order valence-electron chi connectivity index (χ1n) is 4.64. The Kier molecular flexibility index (Phi) is 3.27. The van der Waals surface area contributed by atoms with Crippen LogP contribution in [0.4, 0.5) is 0 Å². The van der Waals surface area contributed by atoms with E-state index in [1.165, 1.54) is 0 Å². The number of nitrogens with two attached hydrogens (primary N) is 2. The zero-order valence-corrected chi connectivity index (χ0v) is 8.08. The van der Waals surface area contributed by atoms with Crippen molar-refractivity contribution in [1.29, 1.82) is 0 Å². The zero-order valence-electron chi connectivity index (χ0n) is 8.08. The Labute approximate surface area is 78.6 Å². The molecule has 2 atom stereocenters. The molecule has 1 heterocycles. The van der Waals surface area contributed by atoms with Crippen molar-refractivity contribution in [2.75, 3.05) is 13.2 Å². The largest absolute Gasteiger partial charge is 0.381 e. The molecular formula is C9H18N2O2. The van der Waals surface area contributed by atoms with E-state index in [4.69, 9.17) is 16.2 Å². The first-order valence-corrected chi connectivity index (χ1v) is 4.64. The molecule has 0 spiro atoms. The van der Waals surface area contributed by atoms with Crippen LogP contribution in [0, 0.1) is 5.92 Å². The number of ether oxygens (including phenoxy) is 1. The number of hydrogen-bond acceptors (Lipinski definition) is 3. The Hall–Kier alpha value is -0.610. The van der Waals surface area contributed by atoms with Gasteiger partial charge in [-0.25, -0.2) is 0 Å². The second-order valence-corrected chi connectivity index (χ2v) is 4.23. The van der Waals surface area contributed by atoms with E-state index in [9.17, 15) is 4.79 Å². The number of rotatable bonds is 4. The summed E-state index contributed by atoms with van der Waals surface area (Å²) in [5.41, 5.74) is 10.6. The fraction of sp³-hybridized carbons (Fsp3) is 0.889. The van der Waals surface area contributed by atoms with E-state index in [1.807, 2.05) is 6.92 Å². The van der Waals surface area contributed by atoms with E-state index in [0.717, 1.165) is 26.1 Å². The van der Waals surface area contributed by atoms with Crippen molar-refractivity contribution in [1.82, 2.24) is 0 Å². The van der Waals surface area contributed by atoms with Crippen LogP contribution in [0.25, 0.3) is 0 Å². The monoisotopic (exact) mass is 186 g/mol. The molecule has 0 radical (unpaired) electrons. The first-order chi connectivity index (χ1) is 5.99. The summed E-state index contributed by atoms with van der Waals surface area (Å²) >= 11 is 0. The van der Waals surface area contributed by atoms with Gasteiger partial charge in [-0.2, -0.15) is 0 Å². The molecule has 76 valence electrons. The van der Waals surface area contributed by atoms with Crippen molar-refractivity contribution in [3.8, 4) is 0 Å². The molecule has 0 saturated carbocycles. The predicted molar refractivity (Wildman–Crippen MR) is 49.9 cm³/mol. The van der Waals surface area contributed by atoms with Crippen molar-refractivity contribution in [3.05, 3.63) is 0 Å². The van der Waals surface area contributed by atoms with Gasteiger partial charge in [0, 0.05) is 25.2 Å². The van der Waals surface area contributed by atoms with Crippen molar-refractivity contribution in [2.24, 2.45) is 17.4 Å². The summed E-state index contributed by atoms with van der Waals surface area (Å²) in [6.07, 6.45) is 2.12. The summed E-state index contributed by atoms with van der Waals surface area (Å²) in [4.78, 5) is 10.7. The van der Waals surface area contributed by atoms with Gasteiger partial charge < -0.3 is 16.2 Å².